The number of benzene rings is 4. The smallest absolute Gasteiger partial charge is 0.410 e. The van der Waals surface area contributed by atoms with Crippen LogP contribution in [-0.2, 0) is 15.1 Å². The van der Waals surface area contributed by atoms with Crippen LogP contribution in [0.25, 0.3) is 0 Å². The maximum atomic E-state index is 13.2. The monoisotopic (exact) mass is 537 g/mol. The van der Waals surface area contributed by atoms with E-state index < -0.39 is 17.8 Å². The molecule has 40 heavy (non-hydrogen) atoms. The van der Waals surface area contributed by atoms with E-state index in [-0.39, 0.29) is 25.5 Å². The number of carbonyl (C=O) groups excluding carboxylic acids is 2. The number of cyclic esters (lactones) is 1. The number of amides is 1. The molecule has 0 N–H and O–H groups in total. The molecule has 1 saturated heterocycles. The van der Waals surface area contributed by atoms with E-state index in [4.69, 9.17) is 18.9 Å². The van der Waals surface area contributed by atoms with Crippen LogP contribution in [0.15, 0.2) is 109 Å². The van der Waals surface area contributed by atoms with Gasteiger partial charge in [0.1, 0.15) is 23.2 Å². The third-order valence-corrected chi connectivity index (χ3v) is 7.02. The maximum absolute atomic E-state index is 13.2. The zero-order valence-electron chi connectivity index (χ0n) is 22.5. The quantitative estimate of drug-likeness (QED) is 0.180. The molecular formula is C33H31NO6. The number of carbonyl (C=O) groups is 2. The Kier molecular flexibility index (Phi) is 8.12. The first-order chi connectivity index (χ1) is 19.5. The van der Waals surface area contributed by atoms with Gasteiger partial charge in [0.05, 0.1) is 39.5 Å². The van der Waals surface area contributed by atoms with Crippen LogP contribution >= 0.6 is 0 Å². The van der Waals surface area contributed by atoms with E-state index in [2.05, 4.69) is 0 Å². The zero-order chi connectivity index (χ0) is 28.0. The fraction of sp³-hybridized carbons (Fsp3) is 0.212. The molecule has 4 aromatic rings. The van der Waals surface area contributed by atoms with E-state index in [9.17, 15) is 9.59 Å². The molecule has 204 valence electrons. The molecule has 1 amide bonds. The number of nitrogens with zero attached hydrogens (tertiary/aromatic N) is 1. The summed E-state index contributed by atoms with van der Waals surface area (Å²) in [5.74, 6) is 0.664. The normalized spacial score (nSPS) is 15.0. The highest BCUT2D eigenvalue weighted by Crippen LogP contribution is 2.40. The molecule has 1 heterocycles. The summed E-state index contributed by atoms with van der Waals surface area (Å²) in [4.78, 5) is 27.4. The summed E-state index contributed by atoms with van der Waals surface area (Å²) in [6.07, 6.45) is -1.13. The van der Waals surface area contributed by atoms with Gasteiger partial charge < -0.3 is 18.9 Å². The molecule has 1 fully saturated rings. The van der Waals surface area contributed by atoms with E-state index in [1.54, 1.807) is 18.2 Å². The highest BCUT2D eigenvalue weighted by molar-refractivity contribution is 6.01. The van der Waals surface area contributed by atoms with Gasteiger partial charge >= 0.3 is 6.09 Å². The van der Waals surface area contributed by atoms with E-state index in [0.29, 0.717) is 17.1 Å². The molecule has 0 aliphatic carbocycles. The third kappa shape index (κ3) is 5.42. The summed E-state index contributed by atoms with van der Waals surface area (Å²) < 4.78 is 23.1. The summed E-state index contributed by atoms with van der Waals surface area (Å²) in [5, 5.41) is 0. The maximum Gasteiger partial charge on any atom is 0.410 e. The van der Waals surface area contributed by atoms with Crippen molar-refractivity contribution in [3.05, 3.63) is 131 Å². The Morgan fingerprint density at radius 2 is 1.38 bits per heavy atom. The predicted octanol–water partition coefficient (Wildman–Crippen LogP) is 5.72. The van der Waals surface area contributed by atoms with E-state index >= 15 is 0 Å². The molecule has 0 aromatic heterocycles. The number of hydrogen-bond donors (Lipinski definition) is 0. The standard InChI is InChI=1S/C33H31NO6/c1-37-27-18-19-31(38-2)29(20-27)30(35)22-34-21-28(40-32(34)36)23-39-33(24-12-6-3-7-13-24,25-14-8-4-9-15-25)26-16-10-5-11-17-26/h3-20,28H,21-23H2,1-2H3/t28-/m0/s1. The van der Waals surface area contributed by atoms with Crippen LogP contribution in [-0.4, -0.2) is 56.8 Å². The van der Waals surface area contributed by atoms with E-state index in [0.717, 1.165) is 16.7 Å². The van der Waals surface area contributed by atoms with Crippen molar-refractivity contribution in [2.45, 2.75) is 11.7 Å². The van der Waals surface area contributed by atoms with Gasteiger partial charge in [0.15, 0.2) is 5.78 Å². The molecule has 1 atom stereocenters. The van der Waals surface area contributed by atoms with Crippen LogP contribution in [0, 0.1) is 0 Å². The van der Waals surface area contributed by atoms with Crippen molar-refractivity contribution in [3.63, 3.8) is 0 Å². The van der Waals surface area contributed by atoms with Gasteiger partial charge in [-0.05, 0) is 34.9 Å². The molecular weight excluding hydrogens is 506 g/mol. The fourth-order valence-corrected chi connectivity index (χ4v) is 5.07. The van der Waals surface area contributed by atoms with Gasteiger partial charge in [-0.3, -0.25) is 9.69 Å². The molecule has 5 rings (SSSR count). The molecule has 1 aliphatic heterocycles. The lowest BCUT2D eigenvalue weighted by atomic mass is 9.80. The number of methoxy groups -OCH3 is 2. The molecule has 7 heteroatoms. The van der Waals surface area contributed by atoms with Gasteiger partial charge in [-0.15, -0.1) is 0 Å². The minimum absolute atomic E-state index is 0.123. The first kappa shape index (κ1) is 27.0. The van der Waals surface area contributed by atoms with Crippen molar-refractivity contribution in [2.75, 3.05) is 33.9 Å². The largest absolute Gasteiger partial charge is 0.497 e. The Hall–Kier alpha value is -4.62. The Bertz CT molecular complexity index is 1350. The van der Waals surface area contributed by atoms with Crippen molar-refractivity contribution in [2.24, 2.45) is 0 Å². The van der Waals surface area contributed by atoms with Crippen molar-refractivity contribution < 1.29 is 28.5 Å². The van der Waals surface area contributed by atoms with Crippen molar-refractivity contribution >= 4 is 11.9 Å². The first-order valence-electron chi connectivity index (χ1n) is 13.1. The zero-order valence-corrected chi connectivity index (χ0v) is 22.5. The molecule has 0 spiro atoms. The lowest BCUT2D eigenvalue weighted by Gasteiger charge is -2.36. The van der Waals surface area contributed by atoms with Crippen LogP contribution in [0.2, 0.25) is 0 Å². The number of ether oxygens (including phenoxy) is 4. The van der Waals surface area contributed by atoms with Gasteiger partial charge in [-0.1, -0.05) is 91.0 Å². The SMILES string of the molecule is COc1ccc(OC)c(C(=O)CN2C[C@@H](COC(c3ccccc3)(c3ccccc3)c3ccccc3)OC2=O)c1. The predicted molar refractivity (Wildman–Crippen MR) is 151 cm³/mol. The lowest BCUT2D eigenvalue weighted by molar-refractivity contribution is -0.0298. The minimum atomic E-state index is -0.937. The molecule has 1 aliphatic rings. The van der Waals surface area contributed by atoms with Crippen molar-refractivity contribution in [3.8, 4) is 11.5 Å². The van der Waals surface area contributed by atoms with Gasteiger partial charge in [0.2, 0.25) is 0 Å². The molecule has 0 unspecified atom stereocenters. The molecule has 7 nitrogen and oxygen atoms in total. The Balaban J connectivity index is 1.39. The van der Waals surface area contributed by atoms with E-state index in [1.807, 2.05) is 91.0 Å². The highest BCUT2D eigenvalue weighted by Gasteiger charge is 2.40. The average molecular weight is 538 g/mol. The first-order valence-corrected chi connectivity index (χ1v) is 13.1. The van der Waals surface area contributed by atoms with Gasteiger partial charge in [-0.25, -0.2) is 4.79 Å². The summed E-state index contributed by atoms with van der Waals surface area (Å²) in [6.45, 7) is 0.183. The topological polar surface area (TPSA) is 74.3 Å². The van der Waals surface area contributed by atoms with Crippen molar-refractivity contribution in [1.29, 1.82) is 0 Å². The lowest BCUT2D eigenvalue weighted by Crippen LogP contribution is -2.37. The second-order valence-electron chi connectivity index (χ2n) is 9.47. The molecule has 0 bridgehead atoms. The van der Waals surface area contributed by atoms with Crippen molar-refractivity contribution in [1.82, 2.24) is 4.90 Å². The van der Waals surface area contributed by atoms with Crippen LogP contribution in [0.1, 0.15) is 27.0 Å². The Labute approximate surface area is 233 Å². The second-order valence-corrected chi connectivity index (χ2v) is 9.47. The van der Waals surface area contributed by atoms with Gasteiger partial charge in [0, 0.05) is 0 Å². The minimum Gasteiger partial charge on any atom is -0.497 e. The Morgan fingerprint density at radius 3 is 1.88 bits per heavy atom. The van der Waals surface area contributed by atoms with Crippen LogP contribution in [0.5, 0.6) is 11.5 Å². The van der Waals surface area contributed by atoms with Gasteiger partial charge in [0.25, 0.3) is 0 Å². The fourth-order valence-electron chi connectivity index (χ4n) is 5.07. The summed E-state index contributed by atoms with van der Waals surface area (Å²) in [7, 11) is 3.02. The third-order valence-electron chi connectivity index (χ3n) is 7.02. The summed E-state index contributed by atoms with van der Waals surface area (Å²) in [6, 6.07) is 35.0. The van der Waals surface area contributed by atoms with Crippen LogP contribution in [0.4, 0.5) is 4.79 Å². The Morgan fingerprint density at radius 1 is 0.825 bits per heavy atom. The highest BCUT2D eigenvalue weighted by atomic mass is 16.6. The van der Waals surface area contributed by atoms with Crippen LogP contribution in [0.3, 0.4) is 0 Å². The second kappa shape index (κ2) is 12.1. The number of rotatable bonds is 11. The number of Topliss-reactive ketones (excluding diaryl/α,β-unsaturated/α-hetero) is 1. The number of ketones is 1. The molecule has 0 saturated carbocycles. The number of hydrogen-bond acceptors (Lipinski definition) is 6. The molecule has 0 radical (unpaired) electrons. The average Bonchev–Trinajstić information content (AvgIpc) is 3.37. The van der Waals surface area contributed by atoms with Gasteiger partial charge in [-0.2, -0.15) is 0 Å². The van der Waals surface area contributed by atoms with Crippen LogP contribution < -0.4 is 9.47 Å². The van der Waals surface area contributed by atoms with E-state index in [1.165, 1.54) is 19.1 Å². The summed E-state index contributed by atoms with van der Waals surface area (Å²) >= 11 is 0. The summed E-state index contributed by atoms with van der Waals surface area (Å²) in [5.41, 5.74) is 2.26. The molecule has 4 aromatic carbocycles.